The van der Waals surface area contributed by atoms with Crippen molar-refractivity contribution in [2.45, 2.75) is 4.90 Å². The van der Waals surface area contributed by atoms with Gasteiger partial charge in [-0.05, 0) is 52.7 Å². The van der Waals surface area contributed by atoms with Crippen LogP contribution in [0.25, 0.3) is 16.8 Å². The van der Waals surface area contributed by atoms with Gasteiger partial charge in [0, 0.05) is 0 Å². The van der Waals surface area contributed by atoms with E-state index in [4.69, 9.17) is 4.74 Å². The summed E-state index contributed by atoms with van der Waals surface area (Å²) in [5.41, 5.74) is 0.943. The van der Waals surface area contributed by atoms with Crippen molar-refractivity contribution in [1.29, 1.82) is 5.26 Å². The van der Waals surface area contributed by atoms with Crippen LogP contribution in [0.15, 0.2) is 107 Å². The molecule has 156 valence electrons. The predicted octanol–water partition coefficient (Wildman–Crippen LogP) is 5.40. The lowest BCUT2D eigenvalue weighted by Crippen LogP contribution is -2.09. The molecule has 0 heterocycles. The Morgan fingerprint density at radius 3 is 2.19 bits per heavy atom. The molecule has 0 radical (unpaired) electrons. The number of carbonyl (C=O) groups excluding carboxylic acids is 1. The summed E-state index contributed by atoms with van der Waals surface area (Å²) >= 11 is 0. The van der Waals surface area contributed by atoms with E-state index in [9.17, 15) is 18.5 Å². The third-order valence-corrected chi connectivity index (χ3v) is 6.53. The van der Waals surface area contributed by atoms with Crippen LogP contribution in [0.4, 0.5) is 0 Å². The van der Waals surface area contributed by atoms with E-state index in [2.05, 4.69) is 0 Å². The lowest BCUT2D eigenvalue weighted by atomic mass is 10.0. The maximum Gasteiger partial charge on any atom is 0.344 e. The molecule has 0 aliphatic carbocycles. The third-order valence-electron chi connectivity index (χ3n) is 4.85. The van der Waals surface area contributed by atoms with Gasteiger partial charge in [0.2, 0.25) is 9.84 Å². The monoisotopic (exact) mass is 439 g/mol. The van der Waals surface area contributed by atoms with E-state index in [0.717, 1.165) is 10.8 Å². The number of hydrogen-bond acceptors (Lipinski definition) is 5. The number of hydrogen-bond donors (Lipinski definition) is 0. The predicted molar refractivity (Wildman–Crippen MR) is 123 cm³/mol. The summed E-state index contributed by atoms with van der Waals surface area (Å²) in [4.78, 5) is 12.3. The molecule has 0 amide bonds. The van der Waals surface area contributed by atoms with Gasteiger partial charge in [-0.1, -0.05) is 66.7 Å². The van der Waals surface area contributed by atoms with Crippen molar-refractivity contribution in [2.75, 3.05) is 0 Å². The fourth-order valence-corrected chi connectivity index (χ4v) is 4.43. The Labute approximate surface area is 185 Å². The Kier molecular flexibility index (Phi) is 5.84. The van der Waals surface area contributed by atoms with E-state index in [1.807, 2.05) is 30.3 Å². The Hall–Kier alpha value is -4.21. The van der Waals surface area contributed by atoms with Gasteiger partial charge in [-0.3, -0.25) is 0 Å². The first-order valence-electron chi connectivity index (χ1n) is 9.71. The van der Waals surface area contributed by atoms with Crippen LogP contribution in [-0.2, 0) is 9.84 Å². The Morgan fingerprint density at radius 2 is 1.47 bits per heavy atom. The largest absolute Gasteiger partial charge is 0.423 e. The highest BCUT2D eigenvalue weighted by Gasteiger charge is 2.20. The molecular weight excluding hydrogens is 422 g/mol. The van der Waals surface area contributed by atoms with Crippen LogP contribution in [0.5, 0.6) is 5.75 Å². The molecule has 6 heteroatoms. The summed E-state index contributed by atoms with van der Waals surface area (Å²) in [6.45, 7) is 0. The summed E-state index contributed by atoms with van der Waals surface area (Å²) in [6.07, 6.45) is 1.29. The number of nitriles is 1. The van der Waals surface area contributed by atoms with E-state index in [0.29, 0.717) is 16.9 Å². The van der Waals surface area contributed by atoms with Crippen LogP contribution in [-0.4, -0.2) is 14.4 Å². The van der Waals surface area contributed by atoms with Gasteiger partial charge in [-0.15, -0.1) is 0 Å². The smallest absolute Gasteiger partial charge is 0.344 e. The lowest BCUT2D eigenvalue weighted by molar-refractivity contribution is 0.0737. The molecule has 0 aliphatic rings. The first kappa shape index (κ1) is 21.0. The van der Waals surface area contributed by atoms with E-state index in [1.165, 1.54) is 18.2 Å². The third kappa shape index (κ3) is 4.29. The van der Waals surface area contributed by atoms with Crippen molar-refractivity contribution in [1.82, 2.24) is 0 Å². The molecule has 0 N–H and O–H groups in total. The van der Waals surface area contributed by atoms with Crippen molar-refractivity contribution in [3.63, 3.8) is 0 Å². The van der Waals surface area contributed by atoms with E-state index < -0.39 is 15.8 Å². The van der Waals surface area contributed by atoms with Crippen molar-refractivity contribution >= 4 is 32.7 Å². The van der Waals surface area contributed by atoms with Gasteiger partial charge < -0.3 is 4.74 Å². The average molecular weight is 439 g/mol. The maximum atomic E-state index is 12.7. The van der Waals surface area contributed by atoms with Gasteiger partial charge in [0.05, 0.1) is 10.5 Å². The van der Waals surface area contributed by atoms with Gasteiger partial charge in [0.25, 0.3) is 0 Å². The van der Waals surface area contributed by atoms with Gasteiger partial charge in [0.15, 0.2) is 0 Å². The van der Waals surface area contributed by atoms with Crippen molar-refractivity contribution in [3.05, 3.63) is 113 Å². The van der Waals surface area contributed by atoms with Crippen LogP contribution in [0, 0.1) is 11.3 Å². The Morgan fingerprint density at radius 1 is 0.812 bits per heavy atom. The van der Waals surface area contributed by atoms with E-state index >= 15 is 0 Å². The molecule has 0 spiro atoms. The van der Waals surface area contributed by atoms with Crippen LogP contribution in [0.2, 0.25) is 0 Å². The Bertz CT molecular complexity index is 1460. The molecule has 0 atom stereocenters. The summed E-state index contributed by atoms with van der Waals surface area (Å²) in [5, 5.41) is 11.1. The number of benzene rings is 4. The molecule has 4 aromatic carbocycles. The quantitative estimate of drug-likeness (QED) is 0.236. The fraction of sp³-hybridized carbons (Fsp3) is 0. The SMILES string of the molecule is N#C/C(=C\c1ccc(OC(=O)c2cccc3ccccc23)cc1)S(=O)(=O)c1ccccc1. The number of allylic oxidation sites excluding steroid dienone is 1. The molecule has 32 heavy (non-hydrogen) atoms. The lowest BCUT2D eigenvalue weighted by Gasteiger charge is -2.08. The average Bonchev–Trinajstić information content (AvgIpc) is 2.83. The molecule has 0 fully saturated rings. The van der Waals surface area contributed by atoms with Crippen molar-refractivity contribution in [3.8, 4) is 11.8 Å². The van der Waals surface area contributed by atoms with Crippen LogP contribution in [0.1, 0.15) is 15.9 Å². The zero-order valence-corrected chi connectivity index (χ0v) is 17.6. The van der Waals surface area contributed by atoms with Crippen LogP contribution < -0.4 is 4.74 Å². The second kappa shape index (κ2) is 8.88. The number of rotatable bonds is 5. The summed E-state index contributed by atoms with van der Waals surface area (Å²) in [7, 11) is -3.92. The number of ether oxygens (including phenoxy) is 1. The molecule has 4 rings (SSSR count). The number of sulfone groups is 1. The van der Waals surface area contributed by atoms with Crippen LogP contribution >= 0.6 is 0 Å². The highest BCUT2D eigenvalue weighted by molar-refractivity contribution is 7.95. The minimum atomic E-state index is -3.92. The van der Waals surface area contributed by atoms with E-state index in [-0.39, 0.29) is 9.80 Å². The molecular formula is C26H17NO4S. The summed E-state index contributed by atoms with van der Waals surface area (Å²) in [5.74, 6) is -0.182. The minimum absolute atomic E-state index is 0.0495. The number of fused-ring (bicyclic) bond motifs is 1. The van der Waals surface area contributed by atoms with Crippen molar-refractivity contribution in [2.24, 2.45) is 0 Å². The molecule has 0 aliphatic heterocycles. The molecule has 5 nitrogen and oxygen atoms in total. The molecule has 0 unspecified atom stereocenters. The van der Waals surface area contributed by atoms with E-state index in [1.54, 1.807) is 60.7 Å². The maximum absolute atomic E-state index is 12.7. The van der Waals surface area contributed by atoms with Gasteiger partial charge in [0.1, 0.15) is 16.7 Å². The second-order valence-corrected chi connectivity index (χ2v) is 8.84. The number of carbonyl (C=O) groups is 1. The highest BCUT2D eigenvalue weighted by atomic mass is 32.2. The molecule has 0 bridgehead atoms. The first-order valence-corrected chi connectivity index (χ1v) is 11.2. The zero-order valence-electron chi connectivity index (χ0n) is 16.8. The van der Waals surface area contributed by atoms with Gasteiger partial charge >= 0.3 is 5.97 Å². The summed E-state index contributed by atoms with van der Waals surface area (Å²) in [6, 6.07) is 28.8. The first-order chi connectivity index (χ1) is 15.5. The number of esters is 1. The van der Waals surface area contributed by atoms with Gasteiger partial charge in [-0.2, -0.15) is 5.26 Å². The minimum Gasteiger partial charge on any atom is -0.423 e. The summed E-state index contributed by atoms with van der Waals surface area (Å²) < 4.78 is 30.9. The van der Waals surface area contributed by atoms with Crippen molar-refractivity contribution < 1.29 is 17.9 Å². The van der Waals surface area contributed by atoms with Crippen LogP contribution in [0.3, 0.4) is 0 Å². The molecule has 4 aromatic rings. The molecule has 0 aromatic heterocycles. The molecule has 0 saturated carbocycles. The second-order valence-electron chi connectivity index (χ2n) is 6.92. The normalized spacial score (nSPS) is 11.7. The fourth-order valence-electron chi connectivity index (χ4n) is 3.25. The number of nitrogens with zero attached hydrogens (tertiary/aromatic N) is 1. The molecule has 0 saturated heterocycles. The topological polar surface area (TPSA) is 84.2 Å². The Balaban J connectivity index is 1.56. The van der Waals surface area contributed by atoms with Gasteiger partial charge in [-0.25, -0.2) is 13.2 Å². The zero-order chi connectivity index (χ0) is 22.6. The standard InChI is InChI=1S/C26H17NO4S/c27-18-23(32(29,30)22-9-2-1-3-10-22)17-19-13-15-21(16-14-19)31-26(28)25-12-6-8-20-7-4-5-11-24(20)25/h1-17H/b23-17+. The highest BCUT2D eigenvalue weighted by Crippen LogP contribution is 2.24.